The lowest BCUT2D eigenvalue weighted by molar-refractivity contribution is -0.384. The molecule has 1 aliphatic heterocycles. The van der Waals surface area contributed by atoms with E-state index in [0.29, 0.717) is 36.1 Å². The fraction of sp³-hybridized carbons (Fsp3) is 0.226. The van der Waals surface area contributed by atoms with Crippen molar-refractivity contribution in [3.8, 4) is 5.75 Å². The average molecular weight is 618 g/mol. The fourth-order valence-electron chi connectivity index (χ4n) is 4.35. The standard InChI is InChI=1S/C31H31N5O7S/c1-4-34(5-2)24-14-11-21(26(17-24)43-19-29(38)33-23-7-6-8-25(16-23)36(41)42)15-27-30(39)35(31(40)44-27)18-28(37)32-22-12-9-20(3)10-13-22/h6-17H,4-5,18-19H2,1-3H3,(H,32,37)(H,33,38)/b27-15+. The molecule has 0 saturated carbocycles. The van der Waals surface area contributed by atoms with E-state index in [1.54, 1.807) is 24.3 Å². The van der Waals surface area contributed by atoms with Crippen molar-refractivity contribution in [3.05, 3.63) is 92.9 Å². The molecule has 4 amide bonds. The summed E-state index contributed by atoms with van der Waals surface area (Å²) in [5.41, 5.74) is 2.91. The summed E-state index contributed by atoms with van der Waals surface area (Å²) in [6.07, 6.45) is 1.49. The van der Waals surface area contributed by atoms with Crippen molar-refractivity contribution < 1.29 is 28.8 Å². The number of ether oxygens (including phenoxy) is 1. The SMILES string of the molecule is CCN(CC)c1ccc(/C=C2/SC(=O)N(CC(=O)Nc3ccc(C)cc3)C2=O)c(OCC(=O)Nc2cccc([N+](=O)[O-])c2)c1. The lowest BCUT2D eigenvalue weighted by Crippen LogP contribution is -2.36. The van der Waals surface area contributed by atoms with Gasteiger partial charge in [-0.1, -0.05) is 23.8 Å². The van der Waals surface area contributed by atoms with Crippen LogP contribution in [0, 0.1) is 17.0 Å². The summed E-state index contributed by atoms with van der Waals surface area (Å²) in [7, 11) is 0. The first kappa shape index (κ1) is 31.8. The molecular formula is C31H31N5O7S. The first-order valence-electron chi connectivity index (χ1n) is 13.8. The van der Waals surface area contributed by atoms with E-state index in [2.05, 4.69) is 15.5 Å². The molecule has 1 heterocycles. The summed E-state index contributed by atoms with van der Waals surface area (Å²) in [4.78, 5) is 64.6. The summed E-state index contributed by atoms with van der Waals surface area (Å²) >= 11 is 0.703. The summed E-state index contributed by atoms with van der Waals surface area (Å²) in [5.74, 6) is -1.40. The minimum atomic E-state index is -0.624. The molecule has 4 rings (SSSR count). The van der Waals surface area contributed by atoms with Crippen LogP contribution in [-0.4, -0.2) is 59.0 Å². The van der Waals surface area contributed by atoms with Gasteiger partial charge in [0, 0.05) is 53.9 Å². The van der Waals surface area contributed by atoms with Crippen molar-refractivity contribution in [3.63, 3.8) is 0 Å². The topological polar surface area (TPSA) is 151 Å². The van der Waals surface area contributed by atoms with Gasteiger partial charge >= 0.3 is 0 Å². The molecule has 2 N–H and O–H groups in total. The van der Waals surface area contributed by atoms with Crippen LogP contribution in [0.4, 0.5) is 27.5 Å². The molecule has 0 aromatic heterocycles. The zero-order valence-corrected chi connectivity index (χ0v) is 25.2. The van der Waals surface area contributed by atoms with Gasteiger partial charge in [0.05, 0.1) is 9.83 Å². The maximum Gasteiger partial charge on any atom is 0.294 e. The van der Waals surface area contributed by atoms with Crippen molar-refractivity contribution in [1.29, 1.82) is 0 Å². The van der Waals surface area contributed by atoms with Crippen LogP contribution in [0.3, 0.4) is 0 Å². The highest BCUT2D eigenvalue weighted by Crippen LogP contribution is 2.35. The quantitative estimate of drug-likeness (QED) is 0.154. The predicted octanol–water partition coefficient (Wildman–Crippen LogP) is 5.44. The molecule has 1 aliphatic rings. The van der Waals surface area contributed by atoms with Gasteiger partial charge in [-0.2, -0.15) is 0 Å². The number of nitro benzene ring substituents is 1. The minimum Gasteiger partial charge on any atom is -0.483 e. The Morgan fingerprint density at radius 2 is 1.68 bits per heavy atom. The number of carbonyl (C=O) groups is 4. The molecule has 44 heavy (non-hydrogen) atoms. The molecule has 1 fully saturated rings. The molecule has 0 atom stereocenters. The molecular weight excluding hydrogens is 586 g/mol. The summed E-state index contributed by atoms with van der Waals surface area (Å²) in [6.45, 7) is 6.47. The zero-order chi connectivity index (χ0) is 31.8. The predicted molar refractivity (Wildman–Crippen MR) is 170 cm³/mol. The summed E-state index contributed by atoms with van der Waals surface area (Å²) in [5, 5.41) is 15.7. The zero-order valence-electron chi connectivity index (χ0n) is 24.4. The van der Waals surface area contributed by atoms with E-state index in [-0.39, 0.29) is 22.0 Å². The van der Waals surface area contributed by atoms with Crippen LogP contribution in [0.5, 0.6) is 5.75 Å². The number of carbonyl (C=O) groups excluding carboxylic acids is 4. The van der Waals surface area contributed by atoms with Crippen molar-refractivity contribution in [2.45, 2.75) is 20.8 Å². The van der Waals surface area contributed by atoms with Gasteiger partial charge < -0.3 is 20.3 Å². The number of nitrogens with zero attached hydrogens (tertiary/aromatic N) is 3. The lowest BCUT2D eigenvalue weighted by atomic mass is 10.1. The van der Waals surface area contributed by atoms with E-state index in [1.807, 2.05) is 39.0 Å². The van der Waals surface area contributed by atoms with Crippen LogP contribution in [0.25, 0.3) is 6.08 Å². The first-order valence-corrected chi connectivity index (χ1v) is 14.6. The first-order chi connectivity index (χ1) is 21.1. The Morgan fingerprint density at radius 3 is 2.36 bits per heavy atom. The number of imide groups is 1. The fourth-order valence-corrected chi connectivity index (χ4v) is 5.18. The highest BCUT2D eigenvalue weighted by atomic mass is 32.2. The van der Waals surface area contributed by atoms with Gasteiger partial charge in [0.2, 0.25) is 5.91 Å². The number of non-ortho nitro benzene ring substituents is 1. The molecule has 1 saturated heterocycles. The molecule has 0 bridgehead atoms. The number of amides is 4. The Hall–Kier alpha value is -5.17. The summed E-state index contributed by atoms with van der Waals surface area (Å²) < 4.78 is 5.87. The molecule has 12 nitrogen and oxygen atoms in total. The van der Waals surface area contributed by atoms with Crippen LogP contribution in [0.15, 0.2) is 71.6 Å². The third-order valence-corrected chi connectivity index (χ3v) is 7.53. The number of nitro groups is 1. The molecule has 0 unspecified atom stereocenters. The largest absolute Gasteiger partial charge is 0.483 e. The minimum absolute atomic E-state index is 0.0969. The number of hydrogen-bond donors (Lipinski definition) is 2. The number of hydrogen-bond acceptors (Lipinski definition) is 9. The van der Waals surface area contributed by atoms with Gasteiger partial charge in [-0.05, 0) is 68.9 Å². The molecule has 0 aliphatic carbocycles. The molecule has 228 valence electrons. The Balaban J connectivity index is 1.51. The number of rotatable bonds is 12. The molecule has 3 aromatic carbocycles. The smallest absolute Gasteiger partial charge is 0.294 e. The third kappa shape index (κ3) is 8.01. The third-order valence-electron chi connectivity index (χ3n) is 6.62. The second kappa shape index (κ2) is 14.3. The number of anilines is 3. The van der Waals surface area contributed by atoms with Crippen LogP contribution in [0.2, 0.25) is 0 Å². The van der Waals surface area contributed by atoms with Crippen molar-refractivity contribution in [1.82, 2.24) is 4.90 Å². The van der Waals surface area contributed by atoms with Crippen molar-refractivity contribution in [2.24, 2.45) is 0 Å². The van der Waals surface area contributed by atoms with Crippen LogP contribution in [0.1, 0.15) is 25.0 Å². The Kier molecular flexibility index (Phi) is 10.3. The van der Waals surface area contributed by atoms with Crippen molar-refractivity contribution >= 4 is 63.5 Å². The Bertz CT molecular complexity index is 1620. The van der Waals surface area contributed by atoms with Gasteiger partial charge in [-0.25, -0.2) is 0 Å². The van der Waals surface area contributed by atoms with E-state index >= 15 is 0 Å². The molecule has 13 heteroatoms. The number of thioether (sulfide) groups is 1. The molecule has 0 spiro atoms. The monoisotopic (exact) mass is 617 g/mol. The van der Waals surface area contributed by atoms with Crippen LogP contribution < -0.4 is 20.3 Å². The highest BCUT2D eigenvalue weighted by molar-refractivity contribution is 8.18. The van der Waals surface area contributed by atoms with E-state index in [1.165, 1.54) is 30.3 Å². The van der Waals surface area contributed by atoms with Crippen molar-refractivity contribution in [2.75, 3.05) is 41.8 Å². The average Bonchev–Trinajstić information content (AvgIpc) is 3.26. The highest BCUT2D eigenvalue weighted by Gasteiger charge is 2.36. The lowest BCUT2D eigenvalue weighted by Gasteiger charge is -2.22. The normalized spacial score (nSPS) is 13.6. The summed E-state index contributed by atoms with van der Waals surface area (Å²) in [6, 6.07) is 18.0. The Labute approximate surface area is 258 Å². The van der Waals surface area contributed by atoms with Gasteiger partial charge in [-0.3, -0.25) is 34.2 Å². The van der Waals surface area contributed by atoms with Gasteiger partial charge in [-0.15, -0.1) is 0 Å². The van der Waals surface area contributed by atoms with Crippen LogP contribution >= 0.6 is 11.8 Å². The van der Waals surface area contributed by atoms with E-state index in [4.69, 9.17) is 4.74 Å². The van der Waals surface area contributed by atoms with E-state index < -0.39 is 41.0 Å². The number of nitrogens with one attached hydrogen (secondary N) is 2. The Morgan fingerprint density at radius 1 is 0.977 bits per heavy atom. The molecule has 0 radical (unpaired) electrons. The van der Waals surface area contributed by atoms with Gasteiger partial charge in [0.25, 0.3) is 22.7 Å². The van der Waals surface area contributed by atoms with Gasteiger partial charge in [0.1, 0.15) is 12.3 Å². The van der Waals surface area contributed by atoms with Crippen LogP contribution in [-0.2, 0) is 14.4 Å². The van der Waals surface area contributed by atoms with E-state index in [0.717, 1.165) is 16.2 Å². The molecule has 3 aromatic rings. The van der Waals surface area contributed by atoms with E-state index in [9.17, 15) is 29.3 Å². The van der Waals surface area contributed by atoms with Gasteiger partial charge in [0.15, 0.2) is 6.61 Å². The number of aryl methyl sites for hydroxylation is 1. The number of benzene rings is 3. The second-order valence-corrected chi connectivity index (χ2v) is 10.7. The maximum atomic E-state index is 13.2. The second-order valence-electron chi connectivity index (χ2n) is 9.72. The maximum absolute atomic E-state index is 13.2.